The molecule has 1 fully saturated rings. The van der Waals surface area contributed by atoms with Crippen LogP contribution in [0.15, 0.2) is 54.7 Å². The smallest absolute Gasteiger partial charge is 0.305 e. The molecule has 1 aliphatic carbocycles. The van der Waals surface area contributed by atoms with Gasteiger partial charge in [0.25, 0.3) is 5.91 Å². The molecule has 0 aliphatic heterocycles. The van der Waals surface area contributed by atoms with Gasteiger partial charge in [-0.1, -0.05) is 49.2 Å². The molecule has 0 unspecified atom stereocenters. The van der Waals surface area contributed by atoms with Crippen molar-refractivity contribution >= 4 is 22.6 Å². The van der Waals surface area contributed by atoms with Crippen LogP contribution in [-0.2, 0) is 4.79 Å². The fraction of sp³-hybridized carbons (Fsp3) is 0.318. The standard InChI is InChI=1S/C22H23N3O3/c26-21(27)14-19(17-10-9-15-5-1-2-6-16(15)13-17)24-22(28)20-11-12-23-25(20)18-7-3-4-8-18/h1-2,5-6,9-13,18-19H,3-4,7-8,14H2,(H,24,28)(H,26,27)/t19-/m0/s1. The lowest BCUT2D eigenvalue weighted by atomic mass is 9.99. The van der Waals surface area contributed by atoms with E-state index in [9.17, 15) is 14.7 Å². The van der Waals surface area contributed by atoms with Gasteiger partial charge in [0.05, 0.1) is 18.5 Å². The zero-order chi connectivity index (χ0) is 19.5. The summed E-state index contributed by atoms with van der Waals surface area (Å²) in [6.45, 7) is 0. The lowest BCUT2D eigenvalue weighted by Crippen LogP contribution is -2.32. The molecule has 6 nitrogen and oxygen atoms in total. The van der Waals surface area contributed by atoms with Crippen LogP contribution in [0, 0.1) is 0 Å². The molecule has 0 saturated heterocycles. The Kier molecular flexibility index (Phi) is 5.10. The van der Waals surface area contributed by atoms with E-state index in [2.05, 4.69) is 10.4 Å². The molecule has 6 heteroatoms. The molecule has 28 heavy (non-hydrogen) atoms. The molecule has 1 saturated carbocycles. The van der Waals surface area contributed by atoms with Gasteiger partial charge in [0, 0.05) is 6.20 Å². The maximum Gasteiger partial charge on any atom is 0.305 e. The SMILES string of the molecule is O=C(O)C[C@H](NC(=O)c1ccnn1C1CCCC1)c1ccc2ccccc2c1. The van der Waals surface area contributed by atoms with E-state index in [1.807, 2.05) is 42.5 Å². The average Bonchev–Trinajstić information content (AvgIpc) is 3.38. The summed E-state index contributed by atoms with van der Waals surface area (Å²) in [4.78, 5) is 24.4. The molecule has 4 rings (SSSR count). The summed E-state index contributed by atoms with van der Waals surface area (Å²) in [5, 5.41) is 18.7. The summed E-state index contributed by atoms with van der Waals surface area (Å²) >= 11 is 0. The highest BCUT2D eigenvalue weighted by Crippen LogP contribution is 2.30. The van der Waals surface area contributed by atoms with E-state index in [0.717, 1.165) is 42.0 Å². The van der Waals surface area contributed by atoms with Gasteiger partial charge >= 0.3 is 5.97 Å². The molecule has 2 N–H and O–H groups in total. The van der Waals surface area contributed by atoms with Crippen LogP contribution in [0.2, 0.25) is 0 Å². The predicted octanol–water partition coefficient (Wildman–Crippen LogP) is 4.10. The Bertz CT molecular complexity index is 1000. The van der Waals surface area contributed by atoms with E-state index in [0.29, 0.717) is 5.69 Å². The van der Waals surface area contributed by atoms with E-state index in [4.69, 9.17) is 0 Å². The third-order valence-electron chi connectivity index (χ3n) is 5.43. The van der Waals surface area contributed by atoms with Crippen molar-refractivity contribution in [3.63, 3.8) is 0 Å². The number of carbonyl (C=O) groups excluding carboxylic acids is 1. The minimum absolute atomic E-state index is 0.179. The van der Waals surface area contributed by atoms with Gasteiger partial charge in [0.15, 0.2) is 0 Å². The Hall–Kier alpha value is -3.15. The first-order chi connectivity index (χ1) is 13.6. The molecule has 0 bridgehead atoms. The molecular weight excluding hydrogens is 354 g/mol. The third kappa shape index (κ3) is 3.76. The molecule has 1 amide bonds. The molecule has 0 spiro atoms. The van der Waals surface area contributed by atoms with Crippen molar-refractivity contribution in [3.05, 3.63) is 66.0 Å². The number of nitrogens with one attached hydrogen (secondary N) is 1. The summed E-state index contributed by atoms with van der Waals surface area (Å²) in [5.41, 5.74) is 1.27. The first kappa shape index (κ1) is 18.2. The second-order valence-electron chi connectivity index (χ2n) is 7.33. The number of benzene rings is 2. The lowest BCUT2D eigenvalue weighted by molar-refractivity contribution is -0.137. The van der Waals surface area contributed by atoms with Crippen molar-refractivity contribution in [2.24, 2.45) is 0 Å². The fourth-order valence-corrected chi connectivity index (χ4v) is 4.02. The lowest BCUT2D eigenvalue weighted by Gasteiger charge is -2.20. The van der Waals surface area contributed by atoms with Crippen LogP contribution in [0.25, 0.3) is 10.8 Å². The first-order valence-electron chi connectivity index (χ1n) is 9.66. The zero-order valence-corrected chi connectivity index (χ0v) is 15.5. The topological polar surface area (TPSA) is 84.2 Å². The maximum absolute atomic E-state index is 12.9. The molecule has 1 heterocycles. The number of carboxylic acids is 1. The van der Waals surface area contributed by atoms with Gasteiger partial charge < -0.3 is 10.4 Å². The number of hydrogen-bond acceptors (Lipinski definition) is 3. The average molecular weight is 377 g/mol. The van der Waals surface area contributed by atoms with Gasteiger partial charge in [-0.05, 0) is 41.3 Å². The monoisotopic (exact) mass is 377 g/mol. The Morgan fingerprint density at radius 3 is 2.61 bits per heavy atom. The van der Waals surface area contributed by atoms with Crippen molar-refractivity contribution in [2.45, 2.75) is 44.2 Å². The molecule has 1 aromatic heterocycles. The predicted molar refractivity (Wildman–Crippen MR) is 106 cm³/mol. The highest BCUT2D eigenvalue weighted by atomic mass is 16.4. The van der Waals surface area contributed by atoms with Gasteiger partial charge in [0.2, 0.25) is 0 Å². The van der Waals surface area contributed by atoms with Gasteiger partial charge in [-0.15, -0.1) is 0 Å². The minimum Gasteiger partial charge on any atom is -0.481 e. The van der Waals surface area contributed by atoms with E-state index in [1.54, 1.807) is 16.9 Å². The van der Waals surface area contributed by atoms with Crippen molar-refractivity contribution in [2.75, 3.05) is 0 Å². The molecule has 0 radical (unpaired) electrons. The summed E-state index contributed by atoms with van der Waals surface area (Å²) in [6.07, 6.45) is 5.78. The van der Waals surface area contributed by atoms with E-state index >= 15 is 0 Å². The number of aromatic nitrogens is 2. The van der Waals surface area contributed by atoms with Gasteiger partial charge in [0.1, 0.15) is 5.69 Å². The van der Waals surface area contributed by atoms with Crippen LogP contribution in [-0.4, -0.2) is 26.8 Å². The van der Waals surface area contributed by atoms with Crippen LogP contribution in [0.1, 0.15) is 60.2 Å². The first-order valence-corrected chi connectivity index (χ1v) is 9.66. The normalized spacial score (nSPS) is 15.6. The van der Waals surface area contributed by atoms with Crippen LogP contribution in [0.4, 0.5) is 0 Å². The number of amides is 1. The number of rotatable bonds is 6. The highest BCUT2D eigenvalue weighted by molar-refractivity contribution is 5.93. The summed E-state index contributed by atoms with van der Waals surface area (Å²) in [5.74, 6) is -1.24. The van der Waals surface area contributed by atoms with E-state index < -0.39 is 12.0 Å². The highest BCUT2D eigenvalue weighted by Gasteiger charge is 2.25. The van der Waals surface area contributed by atoms with Crippen molar-refractivity contribution in [1.29, 1.82) is 0 Å². The summed E-state index contributed by atoms with van der Waals surface area (Å²) in [6, 6.07) is 15.0. The van der Waals surface area contributed by atoms with Crippen molar-refractivity contribution in [1.82, 2.24) is 15.1 Å². The van der Waals surface area contributed by atoms with Crippen LogP contribution in [0.3, 0.4) is 0 Å². The van der Waals surface area contributed by atoms with Gasteiger partial charge in [-0.2, -0.15) is 5.10 Å². The molecule has 144 valence electrons. The van der Waals surface area contributed by atoms with Gasteiger partial charge in [-0.25, -0.2) is 0 Å². The Labute approximate surface area is 163 Å². The largest absolute Gasteiger partial charge is 0.481 e. The molecule has 1 aliphatic rings. The second-order valence-corrected chi connectivity index (χ2v) is 7.33. The number of hydrogen-bond donors (Lipinski definition) is 2. The molecule has 1 atom stereocenters. The third-order valence-corrected chi connectivity index (χ3v) is 5.43. The number of fused-ring (bicyclic) bond motifs is 1. The quantitative estimate of drug-likeness (QED) is 0.677. The maximum atomic E-state index is 12.9. The van der Waals surface area contributed by atoms with E-state index in [-0.39, 0.29) is 18.4 Å². The number of nitrogens with zero attached hydrogens (tertiary/aromatic N) is 2. The Balaban J connectivity index is 1.60. The van der Waals surface area contributed by atoms with Crippen LogP contribution in [0.5, 0.6) is 0 Å². The summed E-state index contributed by atoms with van der Waals surface area (Å²) < 4.78 is 1.79. The van der Waals surface area contributed by atoms with E-state index in [1.165, 1.54) is 0 Å². The van der Waals surface area contributed by atoms with Crippen molar-refractivity contribution in [3.8, 4) is 0 Å². The number of aliphatic carboxylic acids is 1. The molecule has 2 aromatic carbocycles. The summed E-state index contributed by atoms with van der Waals surface area (Å²) in [7, 11) is 0. The Morgan fingerprint density at radius 1 is 1.11 bits per heavy atom. The fourth-order valence-electron chi connectivity index (χ4n) is 4.02. The number of carboxylic acid groups (broad SMARTS) is 1. The van der Waals surface area contributed by atoms with Crippen molar-refractivity contribution < 1.29 is 14.7 Å². The second kappa shape index (κ2) is 7.84. The van der Waals surface area contributed by atoms with Gasteiger partial charge in [-0.3, -0.25) is 14.3 Å². The zero-order valence-electron chi connectivity index (χ0n) is 15.5. The number of carbonyl (C=O) groups is 2. The molecular formula is C22H23N3O3. The Morgan fingerprint density at radius 2 is 1.86 bits per heavy atom. The minimum atomic E-state index is -0.956. The molecule has 3 aromatic rings. The van der Waals surface area contributed by atoms with Crippen LogP contribution < -0.4 is 5.32 Å². The van der Waals surface area contributed by atoms with Crippen LogP contribution >= 0.6 is 0 Å².